The molecule has 3 nitrogen and oxygen atoms in total. The van der Waals surface area contributed by atoms with Crippen LogP contribution in [0.5, 0.6) is 0 Å². The highest BCUT2D eigenvalue weighted by atomic mass is 28.3. The van der Waals surface area contributed by atoms with E-state index in [1.54, 1.807) is 5.70 Å². The summed E-state index contributed by atoms with van der Waals surface area (Å²) in [7, 11) is -3.48. The SMILES string of the molecule is C=C[Si](C(=O)CCCCCCCCC)(C(=O)CCCCCCCCC)C(=O)CCCCCCCCC. The molecule has 36 heavy (non-hydrogen) atoms. The summed E-state index contributed by atoms with van der Waals surface area (Å²) in [6, 6.07) is 0. The van der Waals surface area contributed by atoms with Gasteiger partial charge in [0.1, 0.15) is 16.2 Å². The second kappa shape index (κ2) is 24.3. The number of carbonyl (C=O) groups is 3. The Morgan fingerprint density at radius 2 is 0.667 bits per heavy atom. The van der Waals surface area contributed by atoms with Crippen molar-refractivity contribution in [2.75, 3.05) is 0 Å². The van der Waals surface area contributed by atoms with E-state index in [0.717, 1.165) is 57.8 Å². The third kappa shape index (κ3) is 15.3. The highest BCUT2D eigenvalue weighted by molar-refractivity contribution is 7.43. The van der Waals surface area contributed by atoms with Crippen LogP contribution >= 0.6 is 0 Å². The van der Waals surface area contributed by atoms with Crippen LogP contribution in [0.2, 0.25) is 0 Å². The largest absolute Gasteiger partial charge is 0.304 e. The minimum Gasteiger partial charge on any atom is -0.304 e. The summed E-state index contributed by atoms with van der Waals surface area (Å²) in [5, 5.41) is -0.189. The number of carbonyl (C=O) groups excluding carboxylic acids is 3. The molecule has 0 amide bonds. The molecule has 0 aromatic carbocycles. The van der Waals surface area contributed by atoms with Gasteiger partial charge in [0.25, 0.3) is 0 Å². The fourth-order valence-corrected chi connectivity index (χ4v) is 8.46. The summed E-state index contributed by atoms with van der Waals surface area (Å²) in [5.41, 5.74) is 1.55. The van der Waals surface area contributed by atoms with E-state index < -0.39 is 8.07 Å². The maximum absolute atomic E-state index is 13.5. The third-order valence-electron chi connectivity index (χ3n) is 7.65. The Kier molecular flexibility index (Phi) is 23.6. The maximum Gasteiger partial charge on any atom is 0.300 e. The van der Waals surface area contributed by atoms with Crippen molar-refractivity contribution in [3.63, 3.8) is 0 Å². The minimum atomic E-state index is -3.48. The van der Waals surface area contributed by atoms with Crippen LogP contribution in [0.3, 0.4) is 0 Å². The molecule has 0 saturated heterocycles. The lowest BCUT2D eigenvalue weighted by Crippen LogP contribution is -2.58. The van der Waals surface area contributed by atoms with E-state index in [-0.39, 0.29) is 16.2 Å². The van der Waals surface area contributed by atoms with Gasteiger partial charge in [-0.05, 0) is 19.3 Å². The zero-order chi connectivity index (χ0) is 26.9. The molecule has 0 bridgehead atoms. The van der Waals surface area contributed by atoms with Gasteiger partial charge in [0, 0.05) is 19.3 Å². The van der Waals surface area contributed by atoms with Crippen molar-refractivity contribution in [1.29, 1.82) is 0 Å². The van der Waals surface area contributed by atoms with Crippen molar-refractivity contribution in [2.24, 2.45) is 0 Å². The molecule has 0 unspecified atom stereocenters. The molecular formula is C32H60O3Si. The van der Waals surface area contributed by atoms with E-state index in [1.807, 2.05) is 0 Å². The smallest absolute Gasteiger partial charge is 0.300 e. The van der Waals surface area contributed by atoms with Gasteiger partial charge in [-0.2, -0.15) is 0 Å². The molecule has 0 atom stereocenters. The predicted molar refractivity (Wildman–Crippen MR) is 159 cm³/mol. The highest BCUT2D eigenvalue weighted by Gasteiger charge is 2.51. The summed E-state index contributed by atoms with van der Waals surface area (Å²) in [5.74, 6) is 0. The van der Waals surface area contributed by atoms with Gasteiger partial charge in [0.2, 0.25) is 0 Å². The van der Waals surface area contributed by atoms with Crippen molar-refractivity contribution >= 4 is 24.3 Å². The minimum absolute atomic E-state index is 0.0630. The average Bonchev–Trinajstić information content (AvgIpc) is 2.87. The fraction of sp³-hybridized carbons (Fsp3) is 0.844. The average molecular weight is 521 g/mol. The normalized spacial score (nSPS) is 11.5. The Morgan fingerprint density at radius 1 is 0.444 bits per heavy atom. The van der Waals surface area contributed by atoms with E-state index in [0.29, 0.717) is 19.3 Å². The van der Waals surface area contributed by atoms with E-state index in [4.69, 9.17) is 0 Å². The molecule has 0 heterocycles. The summed E-state index contributed by atoms with van der Waals surface area (Å²) in [4.78, 5) is 40.4. The van der Waals surface area contributed by atoms with Crippen LogP contribution in [-0.2, 0) is 14.4 Å². The van der Waals surface area contributed by atoms with Gasteiger partial charge >= 0.3 is 8.07 Å². The Labute approximate surface area is 225 Å². The van der Waals surface area contributed by atoms with Crippen LogP contribution in [0.25, 0.3) is 0 Å². The van der Waals surface area contributed by atoms with Crippen molar-refractivity contribution in [3.8, 4) is 0 Å². The number of unbranched alkanes of at least 4 members (excludes halogenated alkanes) is 18. The molecule has 0 saturated carbocycles. The molecule has 0 aliphatic carbocycles. The van der Waals surface area contributed by atoms with Gasteiger partial charge < -0.3 is 14.4 Å². The number of hydrogen-bond donors (Lipinski definition) is 0. The molecule has 0 rings (SSSR count). The van der Waals surface area contributed by atoms with Crippen molar-refractivity contribution in [3.05, 3.63) is 12.3 Å². The molecule has 210 valence electrons. The Bertz CT molecular complexity index is 510. The Balaban J connectivity index is 4.93. The molecular weight excluding hydrogens is 460 g/mol. The second-order valence-electron chi connectivity index (χ2n) is 10.9. The van der Waals surface area contributed by atoms with Crippen LogP contribution in [0.4, 0.5) is 0 Å². The highest BCUT2D eigenvalue weighted by Crippen LogP contribution is 2.22. The van der Waals surface area contributed by atoms with Gasteiger partial charge in [-0.15, -0.1) is 6.58 Å². The van der Waals surface area contributed by atoms with E-state index in [2.05, 4.69) is 27.4 Å². The Morgan fingerprint density at radius 3 is 0.889 bits per heavy atom. The Hall–Kier alpha value is -1.03. The molecule has 0 aliphatic rings. The lowest BCUT2D eigenvalue weighted by Gasteiger charge is -2.24. The molecule has 0 spiro atoms. The zero-order valence-corrected chi connectivity index (χ0v) is 25.5. The second-order valence-corrected chi connectivity index (χ2v) is 14.6. The summed E-state index contributed by atoms with van der Waals surface area (Å²) in [6.07, 6.45) is 24.8. The van der Waals surface area contributed by atoms with Gasteiger partial charge in [-0.25, -0.2) is 0 Å². The van der Waals surface area contributed by atoms with Gasteiger partial charge in [0.15, 0.2) is 0 Å². The van der Waals surface area contributed by atoms with E-state index in [9.17, 15) is 14.4 Å². The molecule has 0 fully saturated rings. The van der Waals surface area contributed by atoms with Crippen LogP contribution in [0.15, 0.2) is 12.3 Å². The standard InChI is InChI=1S/C32H60O3Si/c1-5-9-12-15-18-21-24-27-30(33)36(8-4,31(34)28-25-22-19-16-13-10-6-2)32(35)29-26-23-20-17-14-11-7-3/h8H,4-7,9-29H2,1-3H3. The molecule has 0 aromatic rings. The van der Waals surface area contributed by atoms with Crippen molar-refractivity contribution in [1.82, 2.24) is 0 Å². The van der Waals surface area contributed by atoms with Gasteiger partial charge in [-0.3, -0.25) is 0 Å². The van der Waals surface area contributed by atoms with Crippen LogP contribution in [-0.4, -0.2) is 24.3 Å². The molecule has 4 heteroatoms. The van der Waals surface area contributed by atoms with Crippen molar-refractivity contribution in [2.45, 2.75) is 175 Å². The van der Waals surface area contributed by atoms with Gasteiger partial charge in [-0.1, -0.05) is 142 Å². The maximum atomic E-state index is 13.5. The van der Waals surface area contributed by atoms with E-state index in [1.165, 1.54) is 77.0 Å². The van der Waals surface area contributed by atoms with Gasteiger partial charge in [0.05, 0.1) is 0 Å². The fourth-order valence-electron chi connectivity index (χ4n) is 5.13. The van der Waals surface area contributed by atoms with Crippen LogP contribution in [0.1, 0.15) is 175 Å². The summed E-state index contributed by atoms with van der Waals surface area (Å²) >= 11 is 0. The van der Waals surface area contributed by atoms with Crippen LogP contribution < -0.4 is 0 Å². The molecule has 0 aliphatic heterocycles. The monoisotopic (exact) mass is 520 g/mol. The molecule has 0 aromatic heterocycles. The van der Waals surface area contributed by atoms with E-state index >= 15 is 0 Å². The quantitative estimate of drug-likeness (QED) is 0.0761. The molecule has 0 radical (unpaired) electrons. The topological polar surface area (TPSA) is 51.2 Å². The summed E-state index contributed by atoms with van der Waals surface area (Å²) < 4.78 is 0. The number of hydrogen-bond acceptors (Lipinski definition) is 3. The molecule has 0 N–H and O–H groups in total. The lowest BCUT2D eigenvalue weighted by molar-refractivity contribution is -0.119. The lowest BCUT2D eigenvalue weighted by atomic mass is 10.1. The zero-order valence-electron chi connectivity index (χ0n) is 24.5. The summed E-state index contributed by atoms with van der Waals surface area (Å²) in [6.45, 7) is 10.6. The first-order valence-corrected chi connectivity index (χ1v) is 17.8. The number of rotatable bonds is 28. The third-order valence-corrected chi connectivity index (χ3v) is 11.6. The first-order valence-electron chi connectivity index (χ1n) is 15.7. The first-order chi connectivity index (χ1) is 17.5. The first kappa shape index (κ1) is 35.0. The predicted octanol–water partition coefficient (Wildman–Crippen LogP) is 9.91. The van der Waals surface area contributed by atoms with Crippen LogP contribution in [0, 0.1) is 0 Å². The van der Waals surface area contributed by atoms with Crippen molar-refractivity contribution < 1.29 is 14.4 Å².